The Morgan fingerprint density at radius 3 is 2.48 bits per heavy atom. The van der Waals surface area contributed by atoms with Crippen LogP contribution in [-0.2, 0) is 0 Å². The van der Waals surface area contributed by atoms with E-state index in [1.165, 1.54) is 32.7 Å². The summed E-state index contributed by atoms with van der Waals surface area (Å²) in [6.07, 6.45) is 0. The molecule has 0 unspecified atom stereocenters. The third-order valence-electron chi connectivity index (χ3n) is 4.13. The quantitative estimate of drug-likeness (QED) is 0.465. The van der Waals surface area contributed by atoms with Crippen LogP contribution in [0.2, 0.25) is 5.02 Å². The van der Waals surface area contributed by atoms with Gasteiger partial charge in [-0.3, -0.25) is 10.1 Å². The zero-order valence-corrected chi connectivity index (χ0v) is 19.3. The number of methoxy groups -OCH3 is 3. The van der Waals surface area contributed by atoms with Crippen molar-refractivity contribution in [3.63, 3.8) is 0 Å². The van der Waals surface area contributed by atoms with Crippen molar-refractivity contribution in [1.29, 1.82) is 0 Å². The van der Waals surface area contributed by atoms with E-state index in [9.17, 15) is 4.79 Å². The number of ether oxygens (including phenoxy) is 3. The van der Waals surface area contributed by atoms with Crippen molar-refractivity contribution >= 4 is 49.9 Å². The first-order valence-electron chi connectivity index (χ1n) is 8.42. The first-order chi connectivity index (χ1) is 13.9. The molecule has 152 valence electrons. The van der Waals surface area contributed by atoms with Gasteiger partial charge in [0.15, 0.2) is 16.6 Å². The molecule has 0 atom stereocenters. The van der Waals surface area contributed by atoms with Gasteiger partial charge in [0, 0.05) is 15.5 Å². The molecule has 0 radical (unpaired) electrons. The molecule has 1 heterocycles. The van der Waals surface area contributed by atoms with E-state index in [1.54, 1.807) is 12.1 Å². The highest BCUT2D eigenvalue weighted by atomic mass is 79.9. The van der Waals surface area contributed by atoms with Crippen molar-refractivity contribution in [2.24, 2.45) is 0 Å². The van der Waals surface area contributed by atoms with Crippen LogP contribution in [0.3, 0.4) is 0 Å². The van der Waals surface area contributed by atoms with Crippen LogP contribution in [0, 0.1) is 6.92 Å². The molecule has 0 spiro atoms. The number of carbonyl (C=O) groups is 1. The van der Waals surface area contributed by atoms with Gasteiger partial charge in [-0.15, -0.1) is 11.3 Å². The lowest BCUT2D eigenvalue weighted by Gasteiger charge is -2.16. The van der Waals surface area contributed by atoms with E-state index in [4.69, 9.17) is 25.8 Å². The lowest BCUT2D eigenvalue weighted by Crippen LogP contribution is -2.13. The predicted octanol–water partition coefficient (Wildman–Crippen LogP) is 5.81. The van der Waals surface area contributed by atoms with E-state index in [2.05, 4.69) is 26.2 Å². The summed E-state index contributed by atoms with van der Waals surface area (Å²) in [6.45, 7) is 1.94. The van der Waals surface area contributed by atoms with Gasteiger partial charge in [0.05, 0.1) is 37.1 Å². The lowest BCUT2D eigenvalue weighted by molar-refractivity contribution is 0.102. The predicted molar refractivity (Wildman–Crippen MR) is 119 cm³/mol. The van der Waals surface area contributed by atoms with Crippen LogP contribution in [0.25, 0.3) is 11.3 Å². The fourth-order valence-corrected chi connectivity index (χ4v) is 4.46. The van der Waals surface area contributed by atoms with E-state index in [0.29, 0.717) is 37.4 Å². The number of thiazole rings is 1. The van der Waals surface area contributed by atoms with Crippen LogP contribution < -0.4 is 19.5 Å². The number of anilines is 1. The monoisotopic (exact) mass is 496 g/mol. The van der Waals surface area contributed by atoms with Gasteiger partial charge in [-0.2, -0.15) is 0 Å². The van der Waals surface area contributed by atoms with E-state index in [0.717, 1.165) is 16.1 Å². The molecule has 29 heavy (non-hydrogen) atoms. The molecule has 1 aromatic heterocycles. The summed E-state index contributed by atoms with van der Waals surface area (Å²) >= 11 is 10.9. The molecule has 0 saturated heterocycles. The number of aryl methyl sites for hydroxylation is 1. The largest absolute Gasteiger partial charge is 0.493 e. The number of carbonyl (C=O) groups excluding carboxylic acids is 1. The maximum atomic E-state index is 12.9. The van der Waals surface area contributed by atoms with Gasteiger partial charge in [0.2, 0.25) is 5.75 Å². The highest BCUT2D eigenvalue weighted by Crippen LogP contribution is 2.45. The van der Waals surface area contributed by atoms with Gasteiger partial charge < -0.3 is 14.2 Å². The van der Waals surface area contributed by atoms with Crippen LogP contribution >= 0.6 is 38.9 Å². The average molecular weight is 498 g/mol. The molecular formula is C20H18BrClN2O4S. The molecule has 0 saturated carbocycles. The second-order valence-electron chi connectivity index (χ2n) is 5.90. The molecule has 0 aliphatic heterocycles. The minimum atomic E-state index is -0.359. The van der Waals surface area contributed by atoms with Gasteiger partial charge in [-0.1, -0.05) is 23.7 Å². The zero-order valence-electron chi connectivity index (χ0n) is 16.1. The van der Waals surface area contributed by atoms with Crippen molar-refractivity contribution in [3.8, 4) is 28.5 Å². The highest BCUT2D eigenvalue weighted by molar-refractivity contribution is 9.10. The first kappa shape index (κ1) is 21.4. The standard InChI is InChI=1S/C20H18BrClN2O4S/c1-10-16(11-6-5-7-12(22)8-11)23-20(29-10)24-19(25)13-9-14(26-2)17(27-3)18(28-4)15(13)21/h5-9H,1-4H3,(H,23,24,25). The first-order valence-corrected chi connectivity index (χ1v) is 10.4. The summed E-state index contributed by atoms with van der Waals surface area (Å²) in [5.74, 6) is 0.786. The van der Waals surface area contributed by atoms with Crippen LogP contribution in [0.4, 0.5) is 5.13 Å². The normalized spacial score (nSPS) is 10.6. The summed E-state index contributed by atoms with van der Waals surface area (Å²) in [5, 5.41) is 3.94. The smallest absolute Gasteiger partial charge is 0.258 e. The molecule has 0 aliphatic rings. The van der Waals surface area contributed by atoms with Crippen molar-refractivity contribution in [3.05, 3.63) is 50.3 Å². The number of nitrogens with one attached hydrogen (secondary N) is 1. The molecule has 3 rings (SSSR count). The third-order valence-corrected chi connectivity index (χ3v) is 6.04. The van der Waals surface area contributed by atoms with Crippen LogP contribution in [0.15, 0.2) is 34.8 Å². The Morgan fingerprint density at radius 2 is 1.86 bits per heavy atom. The Bertz CT molecular complexity index is 1070. The van der Waals surface area contributed by atoms with Gasteiger partial charge in [-0.25, -0.2) is 4.98 Å². The summed E-state index contributed by atoms with van der Waals surface area (Å²) < 4.78 is 16.5. The molecule has 0 fully saturated rings. The average Bonchev–Trinajstić information content (AvgIpc) is 3.07. The van der Waals surface area contributed by atoms with Crippen LogP contribution in [0.5, 0.6) is 17.2 Å². The number of benzene rings is 2. The summed E-state index contributed by atoms with van der Waals surface area (Å²) in [7, 11) is 4.49. The summed E-state index contributed by atoms with van der Waals surface area (Å²) in [6, 6.07) is 9.01. The minimum Gasteiger partial charge on any atom is -0.493 e. The topological polar surface area (TPSA) is 69.7 Å². The van der Waals surface area contributed by atoms with Gasteiger partial charge in [0.25, 0.3) is 5.91 Å². The molecule has 6 nitrogen and oxygen atoms in total. The van der Waals surface area contributed by atoms with Crippen LogP contribution in [0.1, 0.15) is 15.2 Å². The molecule has 0 bridgehead atoms. The molecule has 2 aromatic carbocycles. The SMILES string of the molecule is COc1cc(C(=O)Nc2nc(-c3cccc(Cl)c3)c(C)s2)c(Br)c(OC)c1OC. The number of hydrogen-bond acceptors (Lipinski definition) is 6. The Labute approximate surface area is 185 Å². The number of nitrogens with zero attached hydrogens (tertiary/aromatic N) is 1. The summed E-state index contributed by atoms with van der Waals surface area (Å²) in [5.41, 5.74) is 1.99. The number of aromatic nitrogens is 1. The summed E-state index contributed by atoms with van der Waals surface area (Å²) in [4.78, 5) is 18.5. The van der Waals surface area contributed by atoms with Gasteiger partial charge >= 0.3 is 0 Å². The fraction of sp³-hybridized carbons (Fsp3) is 0.200. The van der Waals surface area contributed by atoms with Crippen molar-refractivity contribution in [2.75, 3.05) is 26.6 Å². The van der Waals surface area contributed by atoms with E-state index in [1.807, 2.05) is 25.1 Å². The number of amides is 1. The lowest BCUT2D eigenvalue weighted by atomic mass is 10.1. The Hall–Kier alpha value is -2.29. The third kappa shape index (κ3) is 4.34. The maximum Gasteiger partial charge on any atom is 0.258 e. The Kier molecular flexibility index (Phi) is 6.66. The van der Waals surface area contributed by atoms with E-state index in [-0.39, 0.29) is 5.91 Å². The molecular weight excluding hydrogens is 480 g/mol. The molecule has 0 aliphatic carbocycles. The van der Waals surface area contributed by atoms with E-state index < -0.39 is 0 Å². The molecule has 1 N–H and O–H groups in total. The van der Waals surface area contributed by atoms with Gasteiger partial charge in [-0.05, 0) is 41.1 Å². The number of rotatable bonds is 6. The van der Waals surface area contributed by atoms with Crippen molar-refractivity contribution in [2.45, 2.75) is 6.92 Å². The number of halogens is 2. The number of hydrogen-bond donors (Lipinski definition) is 1. The maximum absolute atomic E-state index is 12.9. The second-order valence-corrected chi connectivity index (χ2v) is 8.33. The highest BCUT2D eigenvalue weighted by Gasteiger charge is 2.23. The van der Waals surface area contributed by atoms with Gasteiger partial charge in [0.1, 0.15) is 0 Å². The molecule has 1 amide bonds. The fourth-order valence-electron chi connectivity index (χ4n) is 2.80. The molecule has 9 heteroatoms. The zero-order chi connectivity index (χ0) is 21.1. The van der Waals surface area contributed by atoms with Crippen LogP contribution in [-0.4, -0.2) is 32.2 Å². The van der Waals surface area contributed by atoms with Crippen molar-refractivity contribution in [1.82, 2.24) is 4.98 Å². The minimum absolute atomic E-state index is 0.330. The Morgan fingerprint density at radius 1 is 1.14 bits per heavy atom. The second kappa shape index (κ2) is 9.02. The Balaban J connectivity index is 1.94. The van der Waals surface area contributed by atoms with Crippen molar-refractivity contribution < 1.29 is 19.0 Å². The molecule has 3 aromatic rings. The van der Waals surface area contributed by atoms with E-state index >= 15 is 0 Å².